The Morgan fingerprint density at radius 2 is 2.14 bits per heavy atom. The van der Waals surface area contributed by atoms with E-state index in [9.17, 15) is 13.6 Å². The minimum atomic E-state index is -0.877. The van der Waals surface area contributed by atoms with Crippen molar-refractivity contribution < 1.29 is 13.6 Å². The molecule has 0 aromatic heterocycles. The molecule has 0 aliphatic heterocycles. The van der Waals surface area contributed by atoms with Crippen molar-refractivity contribution in [1.29, 1.82) is 0 Å². The summed E-state index contributed by atoms with van der Waals surface area (Å²) in [6.45, 7) is 0. The fourth-order valence-corrected chi connectivity index (χ4v) is 1.66. The average molecular weight is 197 g/mol. The number of halogens is 2. The third-order valence-electron chi connectivity index (χ3n) is 2.54. The van der Waals surface area contributed by atoms with Crippen LogP contribution in [-0.4, -0.2) is 5.91 Å². The highest BCUT2D eigenvalue weighted by molar-refractivity contribution is 5.81. The van der Waals surface area contributed by atoms with Gasteiger partial charge in [0.2, 0.25) is 5.91 Å². The summed E-state index contributed by atoms with van der Waals surface area (Å²) in [7, 11) is 0. The van der Waals surface area contributed by atoms with Crippen LogP contribution in [0.5, 0.6) is 0 Å². The first-order valence-corrected chi connectivity index (χ1v) is 4.34. The molecule has 2 nitrogen and oxygen atoms in total. The minimum Gasteiger partial charge on any atom is -0.369 e. The number of amides is 1. The van der Waals surface area contributed by atoms with Crippen LogP contribution >= 0.6 is 0 Å². The molecule has 1 amide bonds. The maximum absolute atomic E-state index is 13.2. The van der Waals surface area contributed by atoms with Gasteiger partial charge in [-0.25, -0.2) is 8.78 Å². The molecule has 74 valence electrons. The fraction of sp³-hybridized carbons (Fsp3) is 0.300. The number of nitrogens with two attached hydrogens (primary N) is 1. The largest absolute Gasteiger partial charge is 0.369 e. The number of hydrogen-bond donors (Lipinski definition) is 1. The molecule has 1 saturated carbocycles. The predicted molar refractivity (Wildman–Crippen MR) is 46.4 cm³/mol. The third-order valence-corrected chi connectivity index (χ3v) is 2.54. The minimum absolute atomic E-state index is 0.233. The third kappa shape index (κ3) is 1.36. The number of carbonyl (C=O) groups is 1. The highest BCUT2D eigenvalue weighted by Gasteiger charge is 2.44. The summed E-state index contributed by atoms with van der Waals surface area (Å²) in [6.07, 6.45) is 0.524. The summed E-state index contributed by atoms with van der Waals surface area (Å²) in [5, 5.41) is 0. The summed E-state index contributed by atoms with van der Waals surface area (Å²) in [5.74, 6) is -2.74. The van der Waals surface area contributed by atoms with E-state index in [1.54, 1.807) is 0 Å². The van der Waals surface area contributed by atoms with Crippen molar-refractivity contribution in [3.05, 3.63) is 35.4 Å². The van der Waals surface area contributed by atoms with Gasteiger partial charge in [0.05, 0.1) is 0 Å². The van der Waals surface area contributed by atoms with Crippen LogP contribution in [0.2, 0.25) is 0 Å². The summed E-state index contributed by atoms with van der Waals surface area (Å²) < 4.78 is 26.0. The second-order valence-electron chi connectivity index (χ2n) is 3.49. The van der Waals surface area contributed by atoms with Gasteiger partial charge < -0.3 is 5.73 Å². The van der Waals surface area contributed by atoms with Crippen LogP contribution in [0.15, 0.2) is 18.2 Å². The standard InChI is InChI=1S/C10H9F2NO/c11-8-3-1-2-5(9(8)12)6-4-7(6)10(13)14/h1-3,6-7H,4H2,(H2,13,14)/t6-,7+/m1/s1. The van der Waals surface area contributed by atoms with Crippen LogP contribution in [-0.2, 0) is 4.79 Å². The molecule has 1 aliphatic carbocycles. The van der Waals surface area contributed by atoms with Gasteiger partial charge in [-0.1, -0.05) is 12.1 Å². The Morgan fingerprint density at radius 3 is 2.71 bits per heavy atom. The normalized spacial score (nSPS) is 24.7. The van der Waals surface area contributed by atoms with Gasteiger partial charge in [-0.15, -0.1) is 0 Å². The second-order valence-corrected chi connectivity index (χ2v) is 3.49. The Balaban J connectivity index is 2.27. The van der Waals surface area contributed by atoms with Crippen LogP contribution in [0.3, 0.4) is 0 Å². The summed E-state index contributed by atoms with van der Waals surface area (Å²) in [5.41, 5.74) is 5.32. The number of hydrogen-bond acceptors (Lipinski definition) is 1. The van der Waals surface area contributed by atoms with Gasteiger partial charge in [0.25, 0.3) is 0 Å². The van der Waals surface area contributed by atoms with Crippen molar-refractivity contribution in [2.75, 3.05) is 0 Å². The first kappa shape index (κ1) is 9.12. The SMILES string of the molecule is NC(=O)[C@H]1C[C@@H]1c1cccc(F)c1F. The highest BCUT2D eigenvalue weighted by atomic mass is 19.2. The molecule has 0 spiro atoms. The molecular weight excluding hydrogens is 188 g/mol. The maximum Gasteiger partial charge on any atom is 0.221 e. The van der Waals surface area contributed by atoms with Crippen molar-refractivity contribution in [3.8, 4) is 0 Å². The number of rotatable bonds is 2. The molecule has 1 fully saturated rings. The van der Waals surface area contributed by atoms with Crippen molar-refractivity contribution in [2.45, 2.75) is 12.3 Å². The Morgan fingerprint density at radius 1 is 1.43 bits per heavy atom. The Labute approximate surface area is 79.7 Å². The molecule has 1 aliphatic rings. The molecule has 2 N–H and O–H groups in total. The van der Waals surface area contributed by atoms with Crippen molar-refractivity contribution in [3.63, 3.8) is 0 Å². The van der Waals surface area contributed by atoms with E-state index >= 15 is 0 Å². The first-order valence-electron chi connectivity index (χ1n) is 4.34. The van der Waals surface area contributed by atoms with E-state index < -0.39 is 17.5 Å². The molecule has 0 saturated heterocycles. The molecule has 0 unspecified atom stereocenters. The molecule has 0 radical (unpaired) electrons. The number of primary amides is 1. The quantitative estimate of drug-likeness (QED) is 0.768. The Hall–Kier alpha value is -1.45. The topological polar surface area (TPSA) is 43.1 Å². The van der Waals surface area contributed by atoms with Gasteiger partial charge in [0.15, 0.2) is 11.6 Å². The van der Waals surface area contributed by atoms with Crippen LogP contribution in [0, 0.1) is 17.6 Å². The number of benzene rings is 1. The van der Waals surface area contributed by atoms with Crippen LogP contribution in [0.4, 0.5) is 8.78 Å². The van der Waals surface area contributed by atoms with E-state index in [1.807, 2.05) is 0 Å². The Kier molecular flexibility index (Phi) is 1.98. The molecule has 0 heterocycles. The van der Waals surface area contributed by atoms with Gasteiger partial charge >= 0.3 is 0 Å². The lowest BCUT2D eigenvalue weighted by molar-refractivity contribution is -0.119. The number of carbonyl (C=O) groups excluding carboxylic acids is 1. The van der Waals surface area contributed by atoms with Crippen molar-refractivity contribution in [1.82, 2.24) is 0 Å². The predicted octanol–water partition coefficient (Wildman–Crippen LogP) is 1.55. The van der Waals surface area contributed by atoms with E-state index in [2.05, 4.69) is 0 Å². The van der Waals surface area contributed by atoms with E-state index in [1.165, 1.54) is 12.1 Å². The van der Waals surface area contributed by atoms with Gasteiger partial charge in [-0.05, 0) is 24.0 Å². The summed E-state index contributed by atoms with van der Waals surface area (Å²) in [6, 6.07) is 3.98. The van der Waals surface area contributed by atoms with Crippen molar-refractivity contribution >= 4 is 5.91 Å². The molecular formula is C10H9F2NO. The molecule has 2 atom stereocenters. The van der Waals surface area contributed by atoms with Crippen LogP contribution in [0.25, 0.3) is 0 Å². The molecule has 0 bridgehead atoms. The van der Waals surface area contributed by atoms with E-state index in [4.69, 9.17) is 5.73 Å². The summed E-state index contributed by atoms with van der Waals surface area (Å²) >= 11 is 0. The molecule has 4 heteroatoms. The lowest BCUT2D eigenvalue weighted by Crippen LogP contribution is -2.14. The van der Waals surface area contributed by atoms with Gasteiger partial charge in [-0.3, -0.25) is 4.79 Å². The smallest absolute Gasteiger partial charge is 0.221 e. The first-order chi connectivity index (χ1) is 6.61. The van der Waals surface area contributed by atoms with Crippen molar-refractivity contribution in [2.24, 2.45) is 11.7 Å². The monoisotopic (exact) mass is 197 g/mol. The molecule has 1 aromatic carbocycles. The zero-order chi connectivity index (χ0) is 10.3. The molecule has 2 rings (SSSR count). The highest BCUT2D eigenvalue weighted by Crippen LogP contribution is 2.48. The van der Waals surface area contributed by atoms with Gasteiger partial charge in [-0.2, -0.15) is 0 Å². The second kappa shape index (κ2) is 3.04. The van der Waals surface area contributed by atoms with E-state index in [0.717, 1.165) is 6.07 Å². The summed E-state index contributed by atoms with van der Waals surface area (Å²) in [4.78, 5) is 10.7. The van der Waals surface area contributed by atoms with Crippen LogP contribution in [0.1, 0.15) is 17.9 Å². The maximum atomic E-state index is 13.2. The zero-order valence-electron chi connectivity index (χ0n) is 7.34. The lowest BCUT2D eigenvalue weighted by atomic mass is 10.1. The van der Waals surface area contributed by atoms with Gasteiger partial charge in [0, 0.05) is 5.92 Å². The van der Waals surface area contributed by atoms with E-state index in [-0.39, 0.29) is 17.4 Å². The lowest BCUT2D eigenvalue weighted by Gasteiger charge is -2.01. The fourth-order valence-electron chi connectivity index (χ4n) is 1.66. The molecule has 14 heavy (non-hydrogen) atoms. The van der Waals surface area contributed by atoms with Crippen LogP contribution < -0.4 is 5.73 Å². The van der Waals surface area contributed by atoms with Gasteiger partial charge in [0.1, 0.15) is 0 Å². The molecule has 1 aromatic rings. The average Bonchev–Trinajstić information content (AvgIpc) is 2.89. The Bertz CT molecular complexity index is 392. The zero-order valence-corrected chi connectivity index (χ0v) is 7.34. The van der Waals surface area contributed by atoms with E-state index in [0.29, 0.717) is 6.42 Å².